The third-order valence-corrected chi connectivity index (χ3v) is 4.19. The number of hydrogen-bond acceptors (Lipinski definition) is 4. The highest BCUT2D eigenvalue weighted by molar-refractivity contribution is 9.10. The molecule has 0 unspecified atom stereocenters. The van der Waals surface area contributed by atoms with Gasteiger partial charge in [0.25, 0.3) is 0 Å². The van der Waals surface area contributed by atoms with E-state index in [0.717, 1.165) is 21.3 Å². The van der Waals surface area contributed by atoms with E-state index in [9.17, 15) is 0 Å². The second-order valence-corrected chi connectivity index (χ2v) is 5.39. The molecule has 0 saturated carbocycles. The maximum absolute atomic E-state index is 6.09. The predicted octanol–water partition coefficient (Wildman–Crippen LogP) is 4.29. The average molecular weight is 342 g/mol. The van der Waals surface area contributed by atoms with Crippen LogP contribution >= 0.6 is 27.5 Å². The Balaban J connectivity index is 2.36. The first-order chi connectivity index (χ1) is 9.01. The molecule has 1 heterocycles. The molecule has 0 saturated heterocycles. The fourth-order valence-corrected chi connectivity index (χ4v) is 2.10. The molecule has 2 aromatic rings. The predicted molar refractivity (Wildman–Crippen MR) is 83.5 cm³/mol. The van der Waals surface area contributed by atoms with Crippen molar-refractivity contribution in [3.63, 3.8) is 0 Å². The molecule has 0 aliphatic carbocycles. The SMILES string of the molecule is CNc1ncc(Cl)c(Nc2cc(C)c(Br)c(C)c2)n1. The molecule has 100 valence electrons. The Hall–Kier alpha value is -1.33. The number of halogens is 2. The zero-order valence-corrected chi connectivity index (χ0v) is 13.2. The van der Waals surface area contributed by atoms with Crippen LogP contribution < -0.4 is 10.6 Å². The van der Waals surface area contributed by atoms with Crippen molar-refractivity contribution < 1.29 is 0 Å². The lowest BCUT2D eigenvalue weighted by atomic mass is 10.1. The third-order valence-electron chi connectivity index (χ3n) is 2.67. The molecule has 1 aromatic carbocycles. The Morgan fingerprint density at radius 3 is 2.42 bits per heavy atom. The first-order valence-corrected chi connectivity index (χ1v) is 6.92. The largest absolute Gasteiger partial charge is 0.357 e. The molecule has 19 heavy (non-hydrogen) atoms. The highest BCUT2D eigenvalue weighted by atomic mass is 79.9. The van der Waals surface area contributed by atoms with E-state index in [-0.39, 0.29) is 0 Å². The van der Waals surface area contributed by atoms with E-state index in [4.69, 9.17) is 11.6 Å². The van der Waals surface area contributed by atoms with E-state index in [1.165, 1.54) is 0 Å². The molecule has 0 radical (unpaired) electrons. The molecule has 0 spiro atoms. The third kappa shape index (κ3) is 3.16. The molecule has 2 rings (SSSR count). The number of rotatable bonds is 3. The van der Waals surface area contributed by atoms with E-state index in [0.29, 0.717) is 16.8 Å². The van der Waals surface area contributed by atoms with Crippen molar-refractivity contribution in [1.82, 2.24) is 9.97 Å². The van der Waals surface area contributed by atoms with Crippen molar-refractivity contribution in [2.24, 2.45) is 0 Å². The topological polar surface area (TPSA) is 49.8 Å². The Morgan fingerprint density at radius 2 is 1.84 bits per heavy atom. The van der Waals surface area contributed by atoms with Crippen LogP contribution in [0.2, 0.25) is 5.02 Å². The van der Waals surface area contributed by atoms with Crippen LogP contribution in [0.1, 0.15) is 11.1 Å². The molecule has 0 bridgehead atoms. The van der Waals surface area contributed by atoms with Gasteiger partial charge in [-0.3, -0.25) is 0 Å². The summed E-state index contributed by atoms with van der Waals surface area (Å²) in [6.45, 7) is 4.09. The maximum atomic E-state index is 6.09. The van der Waals surface area contributed by atoms with E-state index in [2.05, 4.69) is 36.5 Å². The van der Waals surface area contributed by atoms with Gasteiger partial charge in [-0.05, 0) is 37.1 Å². The molecule has 0 atom stereocenters. The lowest BCUT2D eigenvalue weighted by molar-refractivity contribution is 1.15. The van der Waals surface area contributed by atoms with Gasteiger partial charge in [0.05, 0.1) is 6.20 Å². The number of nitrogens with zero attached hydrogens (tertiary/aromatic N) is 2. The van der Waals surface area contributed by atoms with Gasteiger partial charge >= 0.3 is 0 Å². The van der Waals surface area contributed by atoms with Crippen LogP contribution in [0.3, 0.4) is 0 Å². The number of aromatic nitrogens is 2. The van der Waals surface area contributed by atoms with Gasteiger partial charge in [0, 0.05) is 17.2 Å². The van der Waals surface area contributed by atoms with Gasteiger partial charge in [-0.2, -0.15) is 4.98 Å². The van der Waals surface area contributed by atoms with Crippen LogP contribution in [0.15, 0.2) is 22.8 Å². The highest BCUT2D eigenvalue weighted by Crippen LogP contribution is 2.28. The second-order valence-electron chi connectivity index (χ2n) is 4.19. The number of aryl methyl sites for hydroxylation is 2. The summed E-state index contributed by atoms with van der Waals surface area (Å²) in [6.07, 6.45) is 1.57. The van der Waals surface area contributed by atoms with Crippen LogP contribution in [-0.4, -0.2) is 17.0 Å². The smallest absolute Gasteiger partial charge is 0.224 e. The highest BCUT2D eigenvalue weighted by Gasteiger charge is 2.07. The van der Waals surface area contributed by atoms with E-state index < -0.39 is 0 Å². The maximum Gasteiger partial charge on any atom is 0.224 e. The van der Waals surface area contributed by atoms with E-state index in [1.807, 2.05) is 26.0 Å². The normalized spacial score (nSPS) is 10.4. The molecular weight excluding hydrogens is 328 g/mol. The summed E-state index contributed by atoms with van der Waals surface area (Å²) in [4.78, 5) is 8.34. The quantitative estimate of drug-likeness (QED) is 0.874. The first-order valence-electron chi connectivity index (χ1n) is 5.75. The van der Waals surface area contributed by atoms with Gasteiger partial charge in [0.1, 0.15) is 5.02 Å². The molecular formula is C13H14BrClN4. The van der Waals surface area contributed by atoms with Crippen molar-refractivity contribution in [2.45, 2.75) is 13.8 Å². The summed E-state index contributed by atoms with van der Waals surface area (Å²) < 4.78 is 1.11. The van der Waals surface area contributed by atoms with Gasteiger partial charge < -0.3 is 10.6 Å². The zero-order chi connectivity index (χ0) is 14.0. The summed E-state index contributed by atoms with van der Waals surface area (Å²) in [6, 6.07) is 4.07. The fourth-order valence-electron chi connectivity index (χ4n) is 1.73. The second kappa shape index (κ2) is 5.75. The first kappa shape index (κ1) is 14.1. The molecule has 1 aromatic heterocycles. The Bertz CT molecular complexity index is 593. The Morgan fingerprint density at radius 1 is 1.21 bits per heavy atom. The van der Waals surface area contributed by atoms with E-state index >= 15 is 0 Å². The van der Waals surface area contributed by atoms with Crippen molar-refractivity contribution in [3.8, 4) is 0 Å². The molecule has 0 aliphatic heterocycles. The summed E-state index contributed by atoms with van der Waals surface area (Å²) in [5, 5.41) is 6.58. The monoisotopic (exact) mass is 340 g/mol. The van der Waals surface area contributed by atoms with Crippen molar-refractivity contribution >= 4 is 45.0 Å². The Kier molecular flexibility index (Phi) is 4.27. The summed E-state index contributed by atoms with van der Waals surface area (Å²) in [5.41, 5.74) is 3.25. The van der Waals surface area contributed by atoms with Crippen LogP contribution in [0.4, 0.5) is 17.5 Å². The lowest BCUT2D eigenvalue weighted by Gasteiger charge is -2.11. The minimum atomic E-state index is 0.484. The molecule has 2 N–H and O–H groups in total. The number of nitrogens with one attached hydrogen (secondary N) is 2. The van der Waals surface area contributed by atoms with Crippen molar-refractivity contribution in [3.05, 3.63) is 39.0 Å². The molecule has 0 fully saturated rings. The molecule has 0 aliphatic rings. The van der Waals surface area contributed by atoms with Gasteiger partial charge in [0.15, 0.2) is 5.82 Å². The minimum absolute atomic E-state index is 0.484. The van der Waals surface area contributed by atoms with Gasteiger partial charge in [-0.15, -0.1) is 0 Å². The molecule has 4 nitrogen and oxygen atoms in total. The number of anilines is 3. The zero-order valence-electron chi connectivity index (χ0n) is 10.9. The molecule has 6 heteroatoms. The minimum Gasteiger partial charge on any atom is -0.357 e. The summed E-state index contributed by atoms with van der Waals surface area (Å²) >= 11 is 9.64. The van der Waals surface area contributed by atoms with E-state index in [1.54, 1.807) is 13.2 Å². The van der Waals surface area contributed by atoms with Gasteiger partial charge in [0.2, 0.25) is 5.95 Å². The van der Waals surface area contributed by atoms with Crippen molar-refractivity contribution in [2.75, 3.05) is 17.7 Å². The van der Waals surface area contributed by atoms with Gasteiger partial charge in [-0.25, -0.2) is 4.98 Å². The van der Waals surface area contributed by atoms with Crippen LogP contribution in [0.25, 0.3) is 0 Å². The summed E-state index contributed by atoms with van der Waals surface area (Å²) in [7, 11) is 1.76. The standard InChI is InChI=1S/C13H14BrClN4/c1-7-4-9(5-8(2)11(7)14)18-12-10(15)6-17-13(16-3)19-12/h4-6H,1-3H3,(H2,16,17,18,19). The molecule has 0 amide bonds. The van der Waals surface area contributed by atoms with Crippen LogP contribution in [-0.2, 0) is 0 Å². The van der Waals surface area contributed by atoms with Gasteiger partial charge in [-0.1, -0.05) is 27.5 Å². The number of hydrogen-bond donors (Lipinski definition) is 2. The number of benzene rings is 1. The van der Waals surface area contributed by atoms with Crippen LogP contribution in [0.5, 0.6) is 0 Å². The summed E-state index contributed by atoms with van der Waals surface area (Å²) in [5.74, 6) is 1.11. The Labute approximate surface area is 125 Å². The van der Waals surface area contributed by atoms with Crippen molar-refractivity contribution in [1.29, 1.82) is 0 Å². The average Bonchev–Trinajstić information content (AvgIpc) is 2.38. The van der Waals surface area contributed by atoms with Crippen LogP contribution in [0, 0.1) is 13.8 Å². The fraction of sp³-hybridized carbons (Fsp3) is 0.231. The lowest BCUT2D eigenvalue weighted by Crippen LogP contribution is -2.01.